The van der Waals surface area contributed by atoms with Crippen molar-refractivity contribution in [2.45, 2.75) is 13.5 Å². The quantitative estimate of drug-likeness (QED) is 0.889. The first-order valence-corrected chi connectivity index (χ1v) is 6.16. The maximum Gasteiger partial charge on any atom is 0.252 e. The van der Waals surface area contributed by atoms with Crippen molar-refractivity contribution >= 4 is 17.2 Å². The maximum atomic E-state index is 13.3. The molecule has 0 fully saturated rings. The summed E-state index contributed by atoms with van der Waals surface area (Å²) in [5.74, 6) is -0.375. The van der Waals surface area contributed by atoms with Crippen LogP contribution in [0.4, 0.5) is 4.39 Å². The second-order valence-electron chi connectivity index (χ2n) is 3.78. The Morgan fingerprint density at radius 1 is 1.41 bits per heavy atom. The summed E-state index contributed by atoms with van der Waals surface area (Å²) in [5, 5.41) is 6.38. The number of aryl methyl sites for hydroxylation is 1. The van der Waals surface area contributed by atoms with Crippen molar-refractivity contribution < 1.29 is 9.18 Å². The van der Waals surface area contributed by atoms with Crippen LogP contribution in [0.5, 0.6) is 0 Å². The van der Waals surface area contributed by atoms with E-state index in [2.05, 4.69) is 5.32 Å². The van der Waals surface area contributed by atoms with Crippen LogP contribution in [0.2, 0.25) is 0 Å². The Balaban J connectivity index is 1.98. The van der Waals surface area contributed by atoms with Gasteiger partial charge in [-0.2, -0.15) is 11.3 Å². The molecule has 17 heavy (non-hydrogen) atoms. The summed E-state index contributed by atoms with van der Waals surface area (Å²) >= 11 is 1.47. The number of nitrogens with one attached hydrogen (secondary N) is 1. The monoisotopic (exact) mass is 249 g/mol. The highest BCUT2D eigenvalue weighted by atomic mass is 32.1. The molecular weight excluding hydrogens is 237 g/mol. The van der Waals surface area contributed by atoms with E-state index >= 15 is 0 Å². The molecule has 2 aromatic rings. The van der Waals surface area contributed by atoms with Gasteiger partial charge in [-0.05, 0) is 35.6 Å². The minimum Gasteiger partial charge on any atom is -0.348 e. The van der Waals surface area contributed by atoms with Crippen LogP contribution in [-0.4, -0.2) is 5.91 Å². The number of hydrogen-bond acceptors (Lipinski definition) is 2. The highest BCUT2D eigenvalue weighted by molar-refractivity contribution is 7.08. The van der Waals surface area contributed by atoms with Gasteiger partial charge in [0.25, 0.3) is 5.91 Å². The van der Waals surface area contributed by atoms with Crippen molar-refractivity contribution in [1.82, 2.24) is 5.32 Å². The van der Waals surface area contributed by atoms with E-state index in [-0.39, 0.29) is 11.7 Å². The van der Waals surface area contributed by atoms with E-state index in [0.29, 0.717) is 17.7 Å². The van der Waals surface area contributed by atoms with Crippen molar-refractivity contribution in [3.63, 3.8) is 0 Å². The van der Waals surface area contributed by atoms with Crippen LogP contribution in [-0.2, 0) is 6.54 Å². The molecule has 0 unspecified atom stereocenters. The lowest BCUT2D eigenvalue weighted by molar-refractivity contribution is 0.0951. The van der Waals surface area contributed by atoms with Gasteiger partial charge in [-0.3, -0.25) is 4.79 Å². The molecule has 4 heteroatoms. The van der Waals surface area contributed by atoms with Gasteiger partial charge >= 0.3 is 0 Å². The van der Waals surface area contributed by atoms with Crippen molar-refractivity contribution in [2.24, 2.45) is 0 Å². The van der Waals surface area contributed by atoms with Crippen LogP contribution in [0.15, 0.2) is 35.0 Å². The van der Waals surface area contributed by atoms with E-state index in [4.69, 9.17) is 0 Å². The molecule has 1 heterocycles. The third-order valence-electron chi connectivity index (χ3n) is 2.47. The summed E-state index contributed by atoms with van der Waals surface area (Å²) in [6.45, 7) is 2.05. The molecule has 0 aliphatic carbocycles. The predicted molar refractivity (Wildman–Crippen MR) is 66.6 cm³/mol. The molecule has 1 N–H and O–H groups in total. The number of carbonyl (C=O) groups is 1. The van der Waals surface area contributed by atoms with Crippen molar-refractivity contribution in [1.29, 1.82) is 0 Å². The second kappa shape index (κ2) is 5.10. The van der Waals surface area contributed by atoms with Gasteiger partial charge in [0.1, 0.15) is 5.82 Å². The first-order chi connectivity index (χ1) is 8.16. The highest BCUT2D eigenvalue weighted by Gasteiger charge is 2.05. The maximum absolute atomic E-state index is 13.3. The van der Waals surface area contributed by atoms with Crippen LogP contribution >= 0.6 is 11.3 Å². The van der Waals surface area contributed by atoms with Gasteiger partial charge in [-0.15, -0.1) is 0 Å². The van der Waals surface area contributed by atoms with E-state index in [9.17, 15) is 9.18 Å². The molecule has 0 bridgehead atoms. The smallest absolute Gasteiger partial charge is 0.252 e. The standard InChI is InChI=1S/C13H12FNOS/c1-9-2-3-10(6-12(9)14)7-15-13(16)11-4-5-17-8-11/h2-6,8H,7H2,1H3,(H,15,16). The van der Waals surface area contributed by atoms with Crippen molar-refractivity contribution in [3.8, 4) is 0 Å². The minimum absolute atomic E-state index is 0.132. The highest BCUT2D eigenvalue weighted by Crippen LogP contribution is 2.10. The van der Waals surface area contributed by atoms with Crippen molar-refractivity contribution in [2.75, 3.05) is 0 Å². The Hall–Kier alpha value is -1.68. The molecule has 0 saturated heterocycles. The predicted octanol–water partition coefficient (Wildman–Crippen LogP) is 3.13. The second-order valence-corrected chi connectivity index (χ2v) is 4.56. The lowest BCUT2D eigenvalue weighted by Gasteiger charge is -2.05. The van der Waals surface area contributed by atoms with E-state index in [1.807, 2.05) is 11.4 Å². The fourth-order valence-electron chi connectivity index (χ4n) is 1.42. The zero-order valence-electron chi connectivity index (χ0n) is 9.37. The summed E-state index contributed by atoms with van der Waals surface area (Å²) in [6, 6.07) is 6.73. The molecule has 1 amide bonds. The Morgan fingerprint density at radius 3 is 2.88 bits per heavy atom. The van der Waals surface area contributed by atoms with E-state index in [1.54, 1.807) is 24.4 Å². The molecule has 0 aliphatic rings. The molecule has 1 aromatic carbocycles. The Morgan fingerprint density at radius 2 is 2.24 bits per heavy atom. The van der Waals surface area contributed by atoms with Gasteiger partial charge in [0, 0.05) is 17.5 Å². The number of halogens is 1. The summed E-state index contributed by atoms with van der Waals surface area (Å²) in [4.78, 5) is 11.6. The van der Waals surface area contributed by atoms with Gasteiger partial charge in [-0.25, -0.2) is 4.39 Å². The molecule has 0 atom stereocenters. The minimum atomic E-state index is -0.243. The third-order valence-corrected chi connectivity index (χ3v) is 3.16. The first-order valence-electron chi connectivity index (χ1n) is 5.22. The SMILES string of the molecule is Cc1ccc(CNC(=O)c2ccsc2)cc1F. The normalized spacial score (nSPS) is 10.2. The molecular formula is C13H12FNOS. The largest absolute Gasteiger partial charge is 0.348 e. The number of carbonyl (C=O) groups excluding carboxylic acids is 1. The van der Waals surface area contributed by atoms with Crippen LogP contribution in [0, 0.1) is 12.7 Å². The average molecular weight is 249 g/mol. The van der Waals surface area contributed by atoms with Crippen LogP contribution < -0.4 is 5.32 Å². The molecule has 1 aromatic heterocycles. The van der Waals surface area contributed by atoms with E-state index in [1.165, 1.54) is 17.4 Å². The molecule has 2 nitrogen and oxygen atoms in total. The number of thiophene rings is 1. The molecule has 0 aliphatic heterocycles. The molecule has 0 radical (unpaired) electrons. The summed E-state index contributed by atoms with van der Waals surface area (Å²) in [7, 11) is 0. The van der Waals surface area contributed by atoms with Gasteiger partial charge in [0.15, 0.2) is 0 Å². The molecule has 0 spiro atoms. The number of amides is 1. The fraction of sp³-hybridized carbons (Fsp3) is 0.154. The lowest BCUT2D eigenvalue weighted by Crippen LogP contribution is -2.22. The fourth-order valence-corrected chi connectivity index (χ4v) is 2.06. The van der Waals surface area contributed by atoms with Crippen LogP contribution in [0.1, 0.15) is 21.5 Å². The number of benzene rings is 1. The van der Waals surface area contributed by atoms with Crippen LogP contribution in [0.3, 0.4) is 0 Å². The van der Waals surface area contributed by atoms with E-state index in [0.717, 1.165) is 5.56 Å². The van der Waals surface area contributed by atoms with Gasteiger partial charge in [-0.1, -0.05) is 12.1 Å². The average Bonchev–Trinajstić information content (AvgIpc) is 2.84. The Kier molecular flexibility index (Phi) is 3.54. The van der Waals surface area contributed by atoms with E-state index < -0.39 is 0 Å². The third kappa shape index (κ3) is 2.91. The van der Waals surface area contributed by atoms with Crippen molar-refractivity contribution in [3.05, 3.63) is 57.5 Å². The topological polar surface area (TPSA) is 29.1 Å². The summed E-state index contributed by atoms with van der Waals surface area (Å²) < 4.78 is 13.3. The zero-order valence-corrected chi connectivity index (χ0v) is 10.2. The van der Waals surface area contributed by atoms with Gasteiger partial charge in [0.05, 0.1) is 0 Å². The molecule has 0 saturated carbocycles. The summed E-state index contributed by atoms with van der Waals surface area (Å²) in [6.07, 6.45) is 0. The first kappa shape index (κ1) is 11.8. The zero-order chi connectivity index (χ0) is 12.3. The van der Waals surface area contributed by atoms with Crippen LogP contribution in [0.25, 0.3) is 0 Å². The summed E-state index contributed by atoms with van der Waals surface area (Å²) in [5.41, 5.74) is 2.01. The van der Waals surface area contributed by atoms with Gasteiger partial charge in [0.2, 0.25) is 0 Å². The molecule has 2 rings (SSSR count). The Bertz CT molecular complexity index is 522. The lowest BCUT2D eigenvalue weighted by atomic mass is 10.1. The number of rotatable bonds is 3. The number of hydrogen-bond donors (Lipinski definition) is 1. The van der Waals surface area contributed by atoms with Gasteiger partial charge < -0.3 is 5.32 Å². The molecule has 88 valence electrons. The Labute approximate surface area is 103 Å².